The molecule has 3 heterocycles. The molecule has 7 nitrogen and oxygen atoms in total. The van der Waals surface area contributed by atoms with Gasteiger partial charge in [0, 0.05) is 43.0 Å². The Hall–Kier alpha value is -2.38. The first kappa shape index (κ1) is 16.1. The average Bonchev–Trinajstić information content (AvgIpc) is 2.94. The second-order valence-electron chi connectivity index (χ2n) is 6.33. The Labute approximate surface area is 145 Å². The normalized spacial score (nSPS) is 15.9. The maximum Gasteiger partial charge on any atom is 0.291 e. The molecule has 1 aliphatic rings. The molecule has 1 aromatic carbocycles. The van der Waals surface area contributed by atoms with Gasteiger partial charge in [-0.1, -0.05) is 0 Å². The second kappa shape index (κ2) is 6.50. The molecule has 0 N–H and O–H groups in total. The number of ether oxygens (including phenoxy) is 2. The van der Waals surface area contributed by atoms with Crippen molar-refractivity contribution in [2.24, 2.45) is 7.05 Å². The average molecular weight is 342 g/mol. The van der Waals surface area contributed by atoms with E-state index in [0.717, 1.165) is 54.9 Å². The fourth-order valence-corrected chi connectivity index (χ4v) is 3.49. The predicted octanol–water partition coefficient (Wildman–Crippen LogP) is 1.23. The number of rotatable bonds is 4. The number of hydrogen-bond donors (Lipinski definition) is 0. The summed E-state index contributed by atoms with van der Waals surface area (Å²) in [6, 6.07) is 5.84. The zero-order valence-corrected chi connectivity index (χ0v) is 14.6. The van der Waals surface area contributed by atoms with Gasteiger partial charge in [-0.2, -0.15) is 5.10 Å². The molecule has 0 saturated carbocycles. The van der Waals surface area contributed by atoms with Gasteiger partial charge in [-0.15, -0.1) is 0 Å². The van der Waals surface area contributed by atoms with Crippen molar-refractivity contribution in [1.29, 1.82) is 0 Å². The summed E-state index contributed by atoms with van der Waals surface area (Å²) in [4.78, 5) is 15.3. The third-order valence-corrected chi connectivity index (χ3v) is 4.94. The Bertz CT molecular complexity index is 970. The minimum absolute atomic E-state index is 0.0524. The van der Waals surface area contributed by atoms with E-state index in [1.54, 1.807) is 18.0 Å². The third-order valence-electron chi connectivity index (χ3n) is 4.94. The largest absolute Gasteiger partial charge is 0.497 e. The molecule has 132 valence electrons. The molecule has 0 bridgehead atoms. The molecular weight excluding hydrogens is 320 g/mol. The summed E-state index contributed by atoms with van der Waals surface area (Å²) in [6.07, 6.45) is 1.79. The quantitative estimate of drug-likeness (QED) is 0.714. The van der Waals surface area contributed by atoms with Gasteiger partial charge in [-0.25, -0.2) is 4.68 Å². The summed E-state index contributed by atoms with van der Waals surface area (Å²) in [6.45, 7) is 4.72. The van der Waals surface area contributed by atoms with E-state index in [-0.39, 0.29) is 5.56 Å². The van der Waals surface area contributed by atoms with Crippen molar-refractivity contribution in [3.8, 4) is 5.75 Å². The highest BCUT2D eigenvalue weighted by molar-refractivity contribution is 6.07. The van der Waals surface area contributed by atoms with Gasteiger partial charge in [0.1, 0.15) is 11.3 Å². The van der Waals surface area contributed by atoms with E-state index >= 15 is 0 Å². The molecule has 1 saturated heterocycles. The van der Waals surface area contributed by atoms with E-state index in [2.05, 4.69) is 10.00 Å². The van der Waals surface area contributed by atoms with Crippen LogP contribution in [0.25, 0.3) is 21.8 Å². The molecule has 0 aliphatic carbocycles. The van der Waals surface area contributed by atoms with Gasteiger partial charge in [-0.3, -0.25) is 9.69 Å². The molecule has 4 rings (SSSR count). The summed E-state index contributed by atoms with van der Waals surface area (Å²) < 4.78 is 14.2. The van der Waals surface area contributed by atoms with Gasteiger partial charge >= 0.3 is 0 Å². The van der Waals surface area contributed by atoms with Crippen LogP contribution in [0.5, 0.6) is 5.75 Å². The Balaban J connectivity index is 1.73. The molecule has 0 amide bonds. The van der Waals surface area contributed by atoms with Crippen LogP contribution >= 0.6 is 0 Å². The minimum atomic E-state index is -0.0524. The lowest BCUT2D eigenvalue weighted by Gasteiger charge is -2.26. The fraction of sp³-hybridized carbons (Fsp3) is 0.444. The van der Waals surface area contributed by atoms with Crippen LogP contribution in [0.2, 0.25) is 0 Å². The monoisotopic (exact) mass is 342 g/mol. The first-order valence-electron chi connectivity index (χ1n) is 8.51. The molecule has 0 spiro atoms. The molecule has 2 aromatic heterocycles. The van der Waals surface area contributed by atoms with Crippen molar-refractivity contribution in [3.63, 3.8) is 0 Å². The van der Waals surface area contributed by atoms with Crippen molar-refractivity contribution >= 4 is 21.8 Å². The lowest BCUT2D eigenvalue weighted by molar-refractivity contribution is 0.0358. The van der Waals surface area contributed by atoms with Crippen LogP contribution in [-0.4, -0.2) is 59.2 Å². The van der Waals surface area contributed by atoms with Crippen molar-refractivity contribution in [3.05, 3.63) is 34.7 Å². The number of fused-ring (bicyclic) bond motifs is 3. The number of benzene rings is 1. The fourth-order valence-electron chi connectivity index (χ4n) is 3.49. The summed E-state index contributed by atoms with van der Waals surface area (Å²) in [5, 5.41) is 6.25. The third kappa shape index (κ3) is 2.79. The Morgan fingerprint density at radius 3 is 2.76 bits per heavy atom. The first-order valence-corrected chi connectivity index (χ1v) is 8.51. The van der Waals surface area contributed by atoms with E-state index in [9.17, 15) is 4.79 Å². The summed E-state index contributed by atoms with van der Waals surface area (Å²) in [5.41, 5.74) is 1.63. The standard InChI is InChI=1S/C18H22N4O3/c1-20-16-4-3-13(24-2)11-14(16)15-12-19-22(18(23)17(15)20)6-5-21-7-9-25-10-8-21/h3-4,11-12H,5-10H2,1-2H3. The Morgan fingerprint density at radius 1 is 1.20 bits per heavy atom. The van der Waals surface area contributed by atoms with Gasteiger partial charge in [0.2, 0.25) is 0 Å². The van der Waals surface area contributed by atoms with Gasteiger partial charge in [0.15, 0.2) is 0 Å². The molecule has 25 heavy (non-hydrogen) atoms. The van der Waals surface area contributed by atoms with Gasteiger partial charge in [0.05, 0.1) is 33.1 Å². The topological polar surface area (TPSA) is 61.5 Å². The van der Waals surface area contributed by atoms with Crippen LogP contribution in [0, 0.1) is 0 Å². The predicted molar refractivity (Wildman–Crippen MR) is 96.3 cm³/mol. The lowest BCUT2D eigenvalue weighted by atomic mass is 10.2. The van der Waals surface area contributed by atoms with E-state index in [1.807, 2.05) is 29.8 Å². The maximum atomic E-state index is 13.0. The lowest BCUT2D eigenvalue weighted by Crippen LogP contribution is -2.39. The smallest absolute Gasteiger partial charge is 0.291 e. The van der Waals surface area contributed by atoms with Gasteiger partial charge in [-0.05, 0) is 18.2 Å². The maximum absolute atomic E-state index is 13.0. The van der Waals surface area contributed by atoms with Crippen LogP contribution in [0.4, 0.5) is 0 Å². The highest BCUT2D eigenvalue weighted by Gasteiger charge is 2.16. The molecular formula is C18H22N4O3. The molecule has 3 aromatic rings. The van der Waals surface area contributed by atoms with Crippen molar-refractivity contribution in [2.45, 2.75) is 6.54 Å². The molecule has 0 unspecified atom stereocenters. The number of morpholine rings is 1. The van der Waals surface area contributed by atoms with Gasteiger partial charge < -0.3 is 14.0 Å². The van der Waals surface area contributed by atoms with E-state index in [4.69, 9.17) is 9.47 Å². The van der Waals surface area contributed by atoms with Crippen LogP contribution in [-0.2, 0) is 18.3 Å². The number of nitrogens with zero attached hydrogens (tertiary/aromatic N) is 4. The zero-order chi connectivity index (χ0) is 17.4. The molecule has 1 fully saturated rings. The molecule has 7 heteroatoms. The summed E-state index contributed by atoms with van der Waals surface area (Å²) >= 11 is 0. The van der Waals surface area contributed by atoms with Crippen LogP contribution in [0.15, 0.2) is 29.2 Å². The van der Waals surface area contributed by atoms with E-state index in [0.29, 0.717) is 12.1 Å². The number of methoxy groups -OCH3 is 1. The first-order chi connectivity index (χ1) is 12.2. The summed E-state index contributed by atoms with van der Waals surface area (Å²) in [7, 11) is 3.56. The molecule has 0 atom stereocenters. The Kier molecular flexibility index (Phi) is 4.19. The zero-order valence-electron chi connectivity index (χ0n) is 14.6. The van der Waals surface area contributed by atoms with E-state index in [1.165, 1.54) is 0 Å². The van der Waals surface area contributed by atoms with Crippen molar-refractivity contribution < 1.29 is 9.47 Å². The number of aromatic nitrogens is 3. The van der Waals surface area contributed by atoms with Crippen LogP contribution in [0.1, 0.15) is 0 Å². The number of hydrogen-bond acceptors (Lipinski definition) is 5. The number of aryl methyl sites for hydroxylation is 1. The Morgan fingerprint density at radius 2 is 2.00 bits per heavy atom. The van der Waals surface area contributed by atoms with E-state index < -0.39 is 0 Å². The highest BCUT2D eigenvalue weighted by atomic mass is 16.5. The second-order valence-corrected chi connectivity index (χ2v) is 6.33. The van der Waals surface area contributed by atoms with Crippen molar-refractivity contribution in [1.82, 2.24) is 19.2 Å². The SMILES string of the molecule is COc1ccc2c(c1)c1cnn(CCN3CCOCC3)c(=O)c1n2C. The van der Waals surface area contributed by atoms with Gasteiger partial charge in [0.25, 0.3) is 5.56 Å². The van der Waals surface area contributed by atoms with Crippen LogP contribution < -0.4 is 10.3 Å². The molecule has 1 aliphatic heterocycles. The van der Waals surface area contributed by atoms with Crippen molar-refractivity contribution in [2.75, 3.05) is 40.0 Å². The highest BCUT2D eigenvalue weighted by Crippen LogP contribution is 2.28. The van der Waals surface area contributed by atoms with Crippen LogP contribution in [0.3, 0.4) is 0 Å². The molecule has 0 radical (unpaired) electrons. The summed E-state index contributed by atoms with van der Waals surface area (Å²) in [5.74, 6) is 0.775. The minimum Gasteiger partial charge on any atom is -0.497 e.